The highest BCUT2D eigenvalue weighted by Gasteiger charge is 2.14. The zero-order valence-electron chi connectivity index (χ0n) is 12.3. The average molecular weight is 287 g/mol. The molecular formula is C19H17N3. The van der Waals surface area contributed by atoms with Crippen LogP contribution in [-0.4, -0.2) is 22.2 Å². The van der Waals surface area contributed by atoms with Gasteiger partial charge in [-0.1, -0.05) is 18.2 Å². The van der Waals surface area contributed by atoms with E-state index in [1.54, 1.807) is 6.20 Å². The van der Waals surface area contributed by atoms with Crippen LogP contribution in [0.25, 0.3) is 17.0 Å². The van der Waals surface area contributed by atoms with Gasteiger partial charge in [-0.25, -0.2) is 0 Å². The first-order chi connectivity index (χ1) is 10.9. The number of aromatic nitrogens is 2. The fourth-order valence-corrected chi connectivity index (χ4v) is 3.00. The molecule has 4 rings (SSSR count). The molecule has 1 aromatic carbocycles. The Kier molecular flexibility index (Phi) is 3.31. The van der Waals surface area contributed by atoms with Gasteiger partial charge in [0.15, 0.2) is 0 Å². The lowest BCUT2D eigenvalue weighted by atomic mass is 9.95. The van der Waals surface area contributed by atoms with E-state index >= 15 is 0 Å². The highest BCUT2D eigenvalue weighted by molar-refractivity contribution is 6.15. The molecule has 0 atom stereocenters. The van der Waals surface area contributed by atoms with E-state index in [1.807, 2.05) is 12.3 Å². The Morgan fingerprint density at radius 2 is 2.05 bits per heavy atom. The molecule has 3 heteroatoms. The topological polar surface area (TPSA) is 41.0 Å². The minimum Gasteiger partial charge on any atom is -0.361 e. The van der Waals surface area contributed by atoms with Gasteiger partial charge >= 0.3 is 0 Å². The zero-order valence-corrected chi connectivity index (χ0v) is 12.3. The third-order valence-electron chi connectivity index (χ3n) is 4.06. The van der Waals surface area contributed by atoms with Crippen molar-refractivity contribution in [2.75, 3.05) is 6.54 Å². The van der Waals surface area contributed by atoms with E-state index in [0.717, 1.165) is 30.7 Å². The van der Waals surface area contributed by atoms with Crippen molar-refractivity contribution in [2.45, 2.75) is 12.8 Å². The quantitative estimate of drug-likeness (QED) is 0.753. The van der Waals surface area contributed by atoms with Crippen LogP contribution in [0.4, 0.5) is 0 Å². The minimum atomic E-state index is 0.898. The first-order valence-corrected chi connectivity index (χ1v) is 7.64. The number of pyridine rings is 1. The molecule has 22 heavy (non-hydrogen) atoms. The maximum Gasteiger partial charge on any atom is 0.0694 e. The number of fused-ring (bicyclic) bond motifs is 1. The second-order valence-corrected chi connectivity index (χ2v) is 5.53. The number of nitrogens with zero attached hydrogens (tertiary/aromatic N) is 2. The molecule has 108 valence electrons. The van der Waals surface area contributed by atoms with E-state index in [9.17, 15) is 0 Å². The molecule has 3 heterocycles. The molecule has 0 bridgehead atoms. The van der Waals surface area contributed by atoms with Gasteiger partial charge < -0.3 is 4.98 Å². The van der Waals surface area contributed by atoms with Crippen LogP contribution in [-0.2, 0) is 0 Å². The SMILES string of the molecule is C(=C1CCCN=C1c1cccnc1)c1c[nH]c2ccccc12. The lowest BCUT2D eigenvalue weighted by molar-refractivity contribution is 0.818. The van der Waals surface area contributed by atoms with E-state index in [0.29, 0.717) is 0 Å². The molecule has 3 aromatic rings. The lowest BCUT2D eigenvalue weighted by Gasteiger charge is -2.16. The van der Waals surface area contributed by atoms with Gasteiger partial charge in [-0.3, -0.25) is 9.98 Å². The van der Waals surface area contributed by atoms with E-state index in [1.165, 1.54) is 22.0 Å². The Hall–Kier alpha value is -2.68. The molecule has 1 N–H and O–H groups in total. The van der Waals surface area contributed by atoms with Gasteiger partial charge in [-0.2, -0.15) is 0 Å². The molecule has 0 fully saturated rings. The van der Waals surface area contributed by atoms with Crippen molar-refractivity contribution >= 4 is 22.7 Å². The molecule has 0 saturated carbocycles. The smallest absolute Gasteiger partial charge is 0.0694 e. The third-order valence-corrected chi connectivity index (χ3v) is 4.06. The summed E-state index contributed by atoms with van der Waals surface area (Å²) in [5.41, 5.74) is 5.89. The highest BCUT2D eigenvalue weighted by Crippen LogP contribution is 2.25. The predicted molar refractivity (Wildman–Crippen MR) is 91.2 cm³/mol. The Morgan fingerprint density at radius 1 is 1.09 bits per heavy atom. The molecule has 0 radical (unpaired) electrons. The number of benzene rings is 1. The Balaban J connectivity index is 1.80. The Bertz CT molecular complexity index is 857. The van der Waals surface area contributed by atoms with Crippen molar-refractivity contribution in [3.63, 3.8) is 0 Å². The summed E-state index contributed by atoms with van der Waals surface area (Å²) in [6, 6.07) is 12.4. The molecule has 0 aliphatic carbocycles. The fourth-order valence-electron chi connectivity index (χ4n) is 3.00. The molecule has 0 amide bonds. The first kappa shape index (κ1) is 13.0. The number of nitrogens with one attached hydrogen (secondary N) is 1. The van der Waals surface area contributed by atoms with Crippen molar-refractivity contribution < 1.29 is 0 Å². The number of para-hydroxylation sites is 1. The maximum atomic E-state index is 4.74. The predicted octanol–water partition coefficient (Wildman–Crippen LogP) is 4.23. The van der Waals surface area contributed by atoms with Gasteiger partial charge in [-0.05, 0) is 42.7 Å². The number of aromatic amines is 1. The van der Waals surface area contributed by atoms with Crippen LogP contribution in [0.15, 0.2) is 65.6 Å². The normalized spacial score (nSPS) is 16.9. The molecule has 1 aliphatic heterocycles. The molecular weight excluding hydrogens is 270 g/mol. The lowest BCUT2D eigenvalue weighted by Crippen LogP contribution is -2.11. The van der Waals surface area contributed by atoms with Gasteiger partial charge in [0.25, 0.3) is 0 Å². The number of aliphatic imine (C=N–C) groups is 1. The monoisotopic (exact) mass is 287 g/mol. The summed E-state index contributed by atoms with van der Waals surface area (Å²) in [4.78, 5) is 12.3. The number of hydrogen-bond donors (Lipinski definition) is 1. The van der Waals surface area contributed by atoms with Crippen molar-refractivity contribution in [3.05, 3.63) is 71.7 Å². The summed E-state index contributed by atoms with van der Waals surface area (Å²) in [7, 11) is 0. The number of rotatable bonds is 2. The summed E-state index contributed by atoms with van der Waals surface area (Å²) in [6.07, 6.45) is 10.2. The zero-order chi connectivity index (χ0) is 14.8. The molecule has 0 spiro atoms. The van der Waals surface area contributed by atoms with Crippen molar-refractivity contribution in [1.82, 2.24) is 9.97 Å². The average Bonchev–Trinajstić information content (AvgIpc) is 2.99. The number of allylic oxidation sites excluding steroid dienone is 1. The van der Waals surface area contributed by atoms with Crippen molar-refractivity contribution in [2.24, 2.45) is 4.99 Å². The summed E-state index contributed by atoms with van der Waals surface area (Å²) < 4.78 is 0. The van der Waals surface area contributed by atoms with E-state index < -0.39 is 0 Å². The molecule has 0 unspecified atom stereocenters. The summed E-state index contributed by atoms with van der Waals surface area (Å²) in [6.45, 7) is 0.898. The van der Waals surface area contributed by atoms with Crippen LogP contribution in [0.2, 0.25) is 0 Å². The maximum absolute atomic E-state index is 4.74. The number of hydrogen-bond acceptors (Lipinski definition) is 2. The van der Waals surface area contributed by atoms with E-state index in [2.05, 4.69) is 52.6 Å². The van der Waals surface area contributed by atoms with Gasteiger partial charge in [0.05, 0.1) is 5.71 Å². The Labute approximate surface area is 129 Å². The van der Waals surface area contributed by atoms with Crippen LogP contribution in [0, 0.1) is 0 Å². The first-order valence-electron chi connectivity index (χ1n) is 7.64. The Morgan fingerprint density at radius 3 is 2.95 bits per heavy atom. The fraction of sp³-hybridized carbons (Fsp3) is 0.158. The van der Waals surface area contributed by atoms with Gasteiger partial charge in [0.1, 0.15) is 0 Å². The number of H-pyrrole nitrogens is 1. The molecule has 3 nitrogen and oxygen atoms in total. The van der Waals surface area contributed by atoms with Crippen molar-refractivity contribution in [3.8, 4) is 0 Å². The summed E-state index contributed by atoms with van der Waals surface area (Å²) >= 11 is 0. The second kappa shape index (κ2) is 5.60. The van der Waals surface area contributed by atoms with Crippen LogP contribution < -0.4 is 0 Å². The van der Waals surface area contributed by atoms with Crippen LogP contribution >= 0.6 is 0 Å². The minimum absolute atomic E-state index is 0.898. The summed E-state index contributed by atoms with van der Waals surface area (Å²) in [5.74, 6) is 0. The van der Waals surface area contributed by atoms with E-state index in [-0.39, 0.29) is 0 Å². The second-order valence-electron chi connectivity index (χ2n) is 5.53. The molecule has 2 aromatic heterocycles. The van der Waals surface area contributed by atoms with Gasteiger partial charge in [-0.15, -0.1) is 0 Å². The summed E-state index contributed by atoms with van der Waals surface area (Å²) in [5, 5.41) is 1.26. The third kappa shape index (κ3) is 2.35. The van der Waals surface area contributed by atoms with Gasteiger partial charge in [0.2, 0.25) is 0 Å². The van der Waals surface area contributed by atoms with Crippen LogP contribution in [0.1, 0.15) is 24.0 Å². The van der Waals surface area contributed by atoms with Gasteiger partial charge in [0, 0.05) is 47.2 Å². The van der Waals surface area contributed by atoms with Crippen molar-refractivity contribution in [1.29, 1.82) is 0 Å². The standard InChI is InChI=1S/C19H17N3/c1-2-8-18-17(7-1)16(13-22-18)11-14-5-4-10-21-19(14)15-6-3-9-20-12-15/h1-3,6-9,11-13,22H,4-5,10H2. The largest absolute Gasteiger partial charge is 0.361 e. The molecule has 0 saturated heterocycles. The van der Waals surface area contributed by atoms with Crippen LogP contribution in [0.3, 0.4) is 0 Å². The van der Waals surface area contributed by atoms with Crippen LogP contribution in [0.5, 0.6) is 0 Å². The highest BCUT2D eigenvalue weighted by atomic mass is 14.8. The van der Waals surface area contributed by atoms with E-state index in [4.69, 9.17) is 4.99 Å². The molecule has 1 aliphatic rings.